The number of rotatable bonds is 3. The maximum atomic E-state index is 11.5. The smallest absolute Gasteiger partial charge is 0.312 e. The third kappa shape index (κ3) is 0.988. The molecular formula is C11H14N2O3. The van der Waals surface area contributed by atoms with E-state index in [1.807, 2.05) is 10.9 Å². The summed E-state index contributed by atoms with van der Waals surface area (Å²) in [4.78, 5) is 11.5. The highest BCUT2D eigenvalue weighted by atomic mass is 16.5. The van der Waals surface area contributed by atoms with Gasteiger partial charge in [-0.3, -0.25) is 9.48 Å². The molecule has 3 aliphatic rings. The number of carbonyl (C=O) groups excluding carboxylic acids is 1. The highest BCUT2D eigenvalue weighted by Gasteiger charge is 2.73. The summed E-state index contributed by atoms with van der Waals surface area (Å²) >= 11 is 0. The lowest BCUT2D eigenvalue weighted by Crippen LogP contribution is -2.71. The lowest BCUT2D eigenvalue weighted by molar-refractivity contribution is -0.219. The Morgan fingerprint density at radius 1 is 1.62 bits per heavy atom. The predicted octanol–water partition coefficient (Wildman–Crippen LogP) is 0.428. The van der Waals surface area contributed by atoms with Gasteiger partial charge in [-0.15, -0.1) is 0 Å². The number of aromatic nitrogens is 2. The number of esters is 1. The van der Waals surface area contributed by atoms with Gasteiger partial charge >= 0.3 is 5.97 Å². The van der Waals surface area contributed by atoms with Crippen molar-refractivity contribution < 1.29 is 14.6 Å². The molecule has 3 saturated carbocycles. The molecule has 0 amide bonds. The van der Waals surface area contributed by atoms with Crippen LogP contribution in [0, 0.1) is 5.41 Å². The van der Waals surface area contributed by atoms with Crippen LogP contribution in [0.3, 0.4) is 0 Å². The summed E-state index contributed by atoms with van der Waals surface area (Å²) in [5.74, 6) is -0.0936. The summed E-state index contributed by atoms with van der Waals surface area (Å²) in [5, 5.41) is 13.2. The van der Waals surface area contributed by atoms with E-state index in [0.29, 0.717) is 0 Å². The molecule has 5 nitrogen and oxygen atoms in total. The molecule has 1 N–H and O–H groups in total. The van der Waals surface area contributed by atoms with Gasteiger partial charge in [0.2, 0.25) is 0 Å². The average Bonchev–Trinajstić information content (AvgIpc) is 2.62. The minimum atomic E-state index is -0.236. The molecule has 16 heavy (non-hydrogen) atoms. The normalized spacial score (nSPS) is 35.1. The van der Waals surface area contributed by atoms with Crippen molar-refractivity contribution in [1.82, 2.24) is 9.78 Å². The number of carbonyl (C=O) groups is 1. The molecule has 4 rings (SSSR count). The molecule has 0 spiro atoms. The number of aliphatic hydroxyl groups is 1. The van der Waals surface area contributed by atoms with Gasteiger partial charge in [-0.1, -0.05) is 0 Å². The first-order chi connectivity index (χ1) is 7.64. The maximum Gasteiger partial charge on any atom is 0.312 e. The largest absolute Gasteiger partial charge is 0.469 e. The van der Waals surface area contributed by atoms with Crippen LogP contribution in [-0.2, 0) is 21.7 Å². The van der Waals surface area contributed by atoms with Crippen molar-refractivity contribution in [3.05, 3.63) is 18.0 Å². The fourth-order valence-corrected chi connectivity index (χ4v) is 3.11. The molecule has 0 aromatic carbocycles. The third-order valence-corrected chi connectivity index (χ3v) is 3.93. The Labute approximate surface area is 93.0 Å². The molecule has 1 aromatic rings. The van der Waals surface area contributed by atoms with Crippen LogP contribution >= 0.6 is 0 Å². The topological polar surface area (TPSA) is 64.3 Å². The molecule has 3 fully saturated rings. The quantitative estimate of drug-likeness (QED) is 0.753. The van der Waals surface area contributed by atoms with Gasteiger partial charge < -0.3 is 9.84 Å². The van der Waals surface area contributed by atoms with Gasteiger partial charge in [0.25, 0.3) is 0 Å². The van der Waals surface area contributed by atoms with Crippen LogP contribution in [0.1, 0.15) is 24.8 Å². The number of hydrogen-bond donors (Lipinski definition) is 1. The molecular weight excluding hydrogens is 208 g/mol. The van der Waals surface area contributed by atoms with Gasteiger partial charge in [0, 0.05) is 11.8 Å². The van der Waals surface area contributed by atoms with E-state index in [1.165, 1.54) is 7.11 Å². The lowest BCUT2D eigenvalue weighted by atomic mass is 9.39. The number of hydrogen-bond acceptors (Lipinski definition) is 4. The van der Waals surface area contributed by atoms with Crippen LogP contribution in [-0.4, -0.2) is 28.0 Å². The first-order valence-corrected chi connectivity index (χ1v) is 5.37. The van der Waals surface area contributed by atoms with Crippen molar-refractivity contribution in [1.29, 1.82) is 0 Å². The van der Waals surface area contributed by atoms with Gasteiger partial charge in [0.1, 0.15) is 0 Å². The molecule has 0 unspecified atom stereocenters. The lowest BCUT2D eigenvalue weighted by Gasteiger charge is -2.67. The zero-order chi connectivity index (χ0) is 11.4. The van der Waals surface area contributed by atoms with Crippen molar-refractivity contribution in [3.63, 3.8) is 0 Å². The van der Waals surface area contributed by atoms with Crippen LogP contribution in [0.2, 0.25) is 0 Å². The van der Waals surface area contributed by atoms with Gasteiger partial charge in [0.15, 0.2) is 0 Å². The molecule has 0 radical (unpaired) electrons. The first-order valence-electron chi connectivity index (χ1n) is 5.37. The fourth-order valence-electron chi connectivity index (χ4n) is 3.11. The molecule has 0 aliphatic heterocycles. The molecule has 0 atom stereocenters. The van der Waals surface area contributed by atoms with E-state index in [4.69, 9.17) is 9.84 Å². The summed E-state index contributed by atoms with van der Waals surface area (Å²) < 4.78 is 6.69. The van der Waals surface area contributed by atoms with Crippen molar-refractivity contribution in [3.8, 4) is 0 Å². The van der Waals surface area contributed by atoms with E-state index < -0.39 is 0 Å². The zero-order valence-electron chi connectivity index (χ0n) is 9.14. The highest BCUT2D eigenvalue weighted by molar-refractivity contribution is 5.81. The van der Waals surface area contributed by atoms with Gasteiger partial charge in [-0.25, -0.2) is 0 Å². The van der Waals surface area contributed by atoms with Crippen LogP contribution in [0.5, 0.6) is 0 Å². The maximum absolute atomic E-state index is 11.5. The molecule has 1 heterocycles. The Kier molecular flexibility index (Phi) is 1.75. The van der Waals surface area contributed by atoms with Gasteiger partial charge in [0.05, 0.1) is 30.9 Å². The molecule has 2 bridgehead atoms. The number of ether oxygens (including phenoxy) is 1. The Bertz CT molecular complexity index is 432. The third-order valence-electron chi connectivity index (χ3n) is 3.93. The second-order valence-corrected chi connectivity index (χ2v) is 4.98. The Hall–Kier alpha value is -1.36. The Morgan fingerprint density at radius 2 is 2.31 bits per heavy atom. The van der Waals surface area contributed by atoms with E-state index in [1.54, 1.807) is 6.20 Å². The molecule has 86 valence electrons. The highest BCUT2D eigenvalue weighted by Crippen LogP contribution is 2.71. The number of nitrogens with zero attached hydrogens (tertiary/aromatic N) is 2. The second kappa shape index (κ2) is 2.85. The minimum absolute atomic E-state index is 0.0121. The molecule has 1 aromatic heterocycles. The molecule has 0 saturated heterocycles. The van der Waals surface area contributed by atoms with Crippen molar-refractivity contribution >= 4 is 5.97 Å². The van der Waals surface area contributed by atoms with Gasteiger partial charge in [-0.2, -0.15) is 5.10 Å². The predicted molar refractivity (Wildman–Crippen MR) is 54.4 cm³/mol. The van der Waals surface area contributed by atoms with Crippen molar-refractivity contribution in [2.24, 2.45) is 5.41 Å². The number of aliphatic hydroxyl groups excluding tert-OH is 1. The van der Waals surface area contributed by atoms with E-state index >= 15 is 0 Å². The summed E-state index contributed by atoms with van der Waals surface area (Å²) in [6.07, 6.45) is 5.99. The van der Waals surface area contributed by atoms with E-state index in [0.717, 1.165) is 24.8 Å². The van der Waals surface area contributed by atoms with Gasteiger partial charge in [-0.05, 0) is 19.3 Å². The van der Waals surface area contributed by atoms with E-state index in [2.05, 4.69) is 5.10 Å². The van der Waals surface area contributed by atoms with Crippen LogP contribution in [0.25, 0.3) is 0 Å². The summed E-state index contributed by atoms with van der Waals surface area (Å²) in [5.41, 5.74) is 0.596. The molecule has 3 aliphatic carbocycles. The minimum Gasteiger partial charge on any atom is -0.469 e. The van der Waals surface area contributed by atoms with Crippen LogP contribution < -0.4 is 0 Å². The Balaban J connectivity index is 1.75. The Morgan fingerprint density at radius 3 is 2.81 bits per heavy atom. The average molecular weight is 222 g/mol. The van der Waals surface area contributed by atoms with E-state index in [9.17, 15) is 4.79 Å². The van der Waals surface area contributed by atoms with Crippen LogP contribution in [0.4, 0.5) is 0 Å². The van der Waals surface area contributed by atoms with Crippen molar-refractivity contribution in [2.45, 2.75) is 31.4 Å². The first kappa shape index (κ1) is 9.84. The summed E-state index contributed by atoms with van der Waals surface area (Å²) in [6.45, 7) is 0.0121. The monoisotopic (exact) mass is 222 g/mol. The van der Waals surface area contributed by atoms with E-state index in [-0.39, 0.29) is 23.5 Å². The fraction of sp³-hybridized carbons (Fsp3) is 0.636. The van der Waals surface area contributed by atoms with Crippen molar-refractivity contribution in [2.75, 3.05) is 7.11 Å². The summed E-state index contributed by atoms with van der Waals surface area (Å²) in [7, 11) is 1.44. The SMILES string of the molecule is COC(=O)C12CC(n3cc(CO)cn3)(C1)C2. The van der Waals surface area contributed by atoms with Crippen LogP contribution in [0.15, 0.2) is 12.4 Å². The molecule has 5 heteroatoms. The standard InChI is InChI=1S/C11H14N2O3/c1-16-9(15)10-5-11(6-10,7-10)13-3-8(4-14)2-12-13/h2-3,14H,4-7H2,1H3. The zero-order valence-corrected chi connectivity index (χ0v) is 9.14. The second-order valence-electron chi connectivity index (χ2n) is 4.98. The summed E-state index contributed by atoms with van der Waals surface area (Å²) in [6, 6.07) is 0. The number of methoxy groups -OCH3 is 1.